The quantitative estimate of drug-likeness (QED) is 0.829. The number of aryl methyl sites for hydroxylation is 2. The Kier molecular flexibility index (Phi) is 5.95. The summed E-state index contributed by atoms with van der Waals surface area (Å²) in [5, 5.41) is 2.73. The van der Waals surface area contributed by atoms with E-state index >= 15 is 0 Å². The molecule has 0 aliphatic heterocycles. The van der Waals surface area contributed by atoms with E-state index in [9.17, 15) is 9.59 Å². The van der Waals surface area contributed by atoms with Crippen molar-refractivity contribution in [2.75, 3.05) is 13.7 Å². The van der Waals surface area contributed by atoms with Gasteiger partial charge in [0.05, 0.1) is 12.7 Å². The molecule has 0 aliphatic carbocycles. The number of esters is 1. The average Bonchev–Trinajstić information content (AvgIpc) is 2.57. The van der Waals surface area contributed by atoms with Crippen molar-refractivity contribution in [3.8, 4) is 5.75 Å². The molecule has 0 bridgehead atoms. The van der Waals surface area contributed by atoms with Gasteiger partial charge >= 0.3 is 5.97 Å². The summed E-state index contributed by atoms with van der Waals surface area (Å²) in [5.74, 6) is -0.197. The number of nitrogens with one attached hydrogen (secondary N) is 1. The minimum Gasteiger partial charge on any atom is -0.497 e. The summed E-state index contributed by atoms with van der Waals surface area (Å²) in [6, 6.07) is 12.9. The number of ether oxygens (including phenoxy) is 2. The molecule has 5 heteroatoms. The van der Waals surface area contributed by atoms with E-state index in [-0.39, 0.29) is 12.5 Å². The van der Waals surface area contributed by atoms with E-state index in [4.69, 9.17) is 9.47 Å². The van der Waals surface area contributed by atoms with Crippen molar-refractivity contribution in [2.24, 2.45) is 0 Å². The van der Waals surface area contributed by atoms with E-state index in [0.717, 1.165) is 16.7 Å². The Morgan fingerprint density at radius 1 is 1.08 bits per heavy atom. The van der Waals surface area contributed by atoms with Gasteiger partial charge in [0.25, 0.3) is 5.91 Å². The van der Waals surface area contributed by atoms with Gasteiger partial charge in [0.15, 0.2) is 6.61 Å². The molecular weight excluding hydrogens is 306 g/mol. The molecule has 0 aliphatic rings. The number of carbonyl (C=O) groups is 2. The molecule has 5 nitrogen and oxygen atoms in total. The second-order valence-corrected chi connectivity index (χ2v) is 5.52. The zero-order valence-corrected chi connectivity index (χ0v) is 14.1. The third kappa shape index (κ3) is 4.84. The summed E-state index contributed by atoms with van der Waals surface area (Å²) < 4.78 is 10.2. The first kappa shape index (κ1) is 17.5. The molecule has 1 N–H and O–H groups in total. The molecular formula is C19H21NO4. The summed E-state index contributed by atoms with van der Waals surface area (Å²) >= 11 is 0. The molecule has 24 heavy (non-hydrogen) atoms. The fourth-order valence-electron chi connectivity index (χ4n) is 2.27. The molecule has 2 aromatic rings. The first-order chi connectivity index (χ1) is 11.5. The lowest BCUT2D eigenvalue weighted by atomic mass is 10.1. The second-order valence-electron chi connectivity index (χ2n) is 5.52. The van der Waals surface area contributed by atoms with Crippen LogP contribution in [0.15, 0.2) is 42.5 Å². The van der Waals surface area contributed by atoms with Gasteiger partial charge in [-0.05, 0) is 43.2 Å². The van der Waals surface area contributed by atoms with Crippen molar-refractivity contribution < 1.29 is 19.1 Å². The van der Waals surface area contributed by atoms with E-state index in [1.54, 1.807) is 32.2 Å². The van der Waals surface area contributed by atoms with Crippen LogP contribution in [0.4, 0.5) is 0 Å². The SMILES string of the molecule is COc1ccc(C(=O)OCC(=O)NCc2cccc(C)c2)c(C)c1. The van der Waals surface area contributed by atoms with Crippen LogP contribution in [0.3, 0.4) is 0 Å². The van der Waals surface area contributed by atoms with Gasteiger partial charge < -0.3 is 14.8 Å². The molecule has 0 aromatic heterocycles. The molecule has 0 saturated carbocycles. The molecule has 126 valence electrons. The molecule has 0 radical (unpaired) electrons. The summed E-state index contributed by atoms with van der Waals surface area (Å²) in [5.41, 5.74) is 3.28. The predicted octanol–water partition coefficient (Wildman–Crippen LogP) is 2.79. The highest BCUT2D eigenvalue weighted by Crippen LogP contribution is 2.17. The zero-order chi connectivity index (χ0) is 17.5. The Labute approximate surface area is 141 Å². The lowest BCUT2D eigenvalue weighted by molar-refractivity contribution is -0.124. The number of hydrogen-bond acceptors (Lipinski definition) is 4. The monoisotopic (exact) mass is 327 g/mol. The lowest BCUT2D eigenvalue weighted by Crippen LogP contribution is -2.28. The predicted molar refractivity (Wildman–Crippen MR) is 91.0 cm³/mol. The number of benzene rings is 2. The largest absolute Gasteiger partial charge is 0.497 e. The summed E-state index contributed by atoms with van der Waals surface area (Å²) in [4.78, 5) is 23.9. The van der Waals surface area contributed by atoms with Crippen LogP contribution in [0.2, 0.25) is 0 Å². The highest BCUT2D eigenvalue weighted by atomic mass is 16.5. The third-order valence-electron chi connectivity index (χ3n) is 3.56. The maximum atomic E-state index is 12.0. The van der Waals surface area contributed by atoms with E-state index in [1.807, 2.05) is 31.2 Å². The van der Waals surface area contributed by atoms with Gasteiger partial charge in [0, 0.05) is 6.54 Å². The number of amides is 1. The van der Waals surface area contributed by atoms with Crippen molar-refractivity contribution >= 4 is 11.9 Å². The zero-order valence-electron chi connectivity index (χ0n) is 14.1. The molecule has 1 amide bonds. The molecule has 0 unspecified atom stereocenters. The van der Waals surface area contributed by atoms with Crippen LogP contribution >= 0.6 is 0 Å². The topological polar surface area (TPSA) is 64.6 Å². The van der Waals surface area contributed by atoms with Crippen LogP contribution in [0.1, 0.15) is 27.0 Å². The van der Waals surface area contributed by atoms with Crippen LogP contribution in [-0.4, -0.2) is 25.6 Å². The third-order valence-corrected chi connectivity index (χ3v) is 3.56. The van der Waals surface area contributed by atoms with E-state index in [0.29, 0.717) is 17.9 Å². The van der Waals surface area contributed by atoms with Gasteiger partial charge in [-0.25, -0.2) is 4.79 Å². The lowest BCUT2D eigenvalue weighted by Gasteiger charge is -2.09. The summed E-state index contributed by atoms with van der Waals surface area (Å²) in [7, 11) is 1.56. The van der Waals surface area contributed by atoms with Crippen LogP contribution in [0, 0.1) is 13.8 Å². The molecule has 0 heterocycles. The van der Waals surface area contributed by atoms with Gasteiger partial charge in [-0.1, -0.05) is 29.8 Å². The Hall–Kier alpha value is -2.82. The Bertz CT molecular complexity index is 740. The Morgan fingerprint density at radius 2 is 1.88 bits per heavy atom. The smallest absolute Gasteiger partial charge is 0.338 e. The number of hydrogen-bond donors (Lipinski definition) is 1. The molecule has 2 rings (SSSR count). The Morgan fingerprint density at radius 3 is 2.54 bits per heavy atom. The van der Waals surface area contributed by atoms with Gasteiger partial charge in [-0.15, -0.1) is 0 Å². The fraction of sp³-hybridized carbons (Fsp3) is 0.263. The van der Waals surface area contributed by atoms with Crippen molar-refractivity contribution in [1.82, 2.24) is 5.32 Å². The van der Waals surface area contributed by atoms with E-state index < -0.39 is 5.97 Å². The highest BCUT2D eigenvalue weighted by molar-refractivity contribution is 5.92. The molecule has 2 aromatic carbocycles. The van der Waals surface area contributed by atoms with Gasteiger partial charge in [-0.2, -0.15) is 0 Å². The Balaban J connectivity index is 1.84. The highest BCUT2D eigenvalue weighted by Gasteiger charge is 2.13. The number of rotatable bonds is 6. The molecule has 0 saturated heterocycles. The molecule has 0 fully saturated rings. The minimum absolute atomic E-state index is 0.309. The molecule has 0 atom stereocenters. The van der Waals surface area contributed by atoms with Crippen LogP contribution in [-0.2, 0) is 16.1 Å². The minimum atomic E-state index is -0.527. The van der Waals surface area contributed by atoms with Crippen LogP contribution < -0.4 is 10.1 Å². The first-order valence-corrected chi connectivity index (χ1v) is 7.63. The first-order valence-electron chi connectivity index (χ1n) is 7.63. The van der Waals surface area contributed by atoms with Crippen molar-refractivity contribution in [3.63, 3.8) is 0 Å². The summed E-state index contributed by atoms with van der Waals surface area (Å²) in [6.07, 6.45) is 0. The normalized spacial score (nSPS) is 10.1. The number of methoxy groups -OCH3 is 1. The van der Waals surface area contributed by atoms with Crippen molar-refractivity contribution in [2.45, 2.75) is 20.4 Å². The van der Waals surface area contributed by atoms with Crippen molar-refractivity contribution in [1.29, 1.82) is 0 Å². The van der Waals surface area contributed by atoms with Gasteiger partial charge in [0.2, 0.25) is 0 Å². The van der Waals surface area contributed by atoms with Gasteiger partial charge in [0.1, 0.15) is 5.75 Å². The van der Waals surface area contributed by atoms with E-state index in [2.05, 4.69) is 5.32 Å². The number of carbonyl (C=O) groups excluding carboxylic acids is 2. The fourth-order valence-corrected chi connectivity index (χ4v) is 2.27. The van der Waals surface area contributed by atoms with Crippen molar-refractivity contribution in [3.05, 3.63) is 64.7 Å². The van der Waals surface area contributed by atoms with Crippen LogP contribution in [0.5, 0.6) is 5.75 Å². The maximum absolute atomic E-state index is 12.0. The van der Waals surface area contributed by atoms with Crippen LogP contribution in [0.25, 0.3) is 0 Å². The maximum Gasteiger partial charge on any atom is 0.338 e. The summed E-state index contributed by atoms with van der Waals surface area (Å²) in [6.45, 7) is 3.87. The molecule has 0 spiro atoms. The van der Waals surface area contributed by atoms with E-state index in [1.165, 1.54) is 0 Å². The second kappa shape index (κ2) is 8.15. The van der Waals surface area contributed by atoms with Gasteiger partial charge in [-0.3, -0.25) is 4.79 Å². The standard InChI is InChI=1S/C19H21NO4/c1-13-5-4-6-15(9-13)11-20-18(21)12-24-19(22)17-8-7-16(23-3)10-14(17)2/h4-10H,11-12H2,1-3H3,(H,20,21). The average molecular weight is 327 g/mol.